The maximum atomic E-state index is 12.4. The van der Waals surface area contributed by atoms with E-state index in [0.29, 0.717) is 6.54 Å². The summed E-state index contributed by atoms with van der Waals surface area (Å²) in [6.07, 6.45) is 4.40. The van der Waals surface area contributed by atoms with Gasteiger partial charge < -0.3 is 5.32 Å². The van der Waals surface area contributed by atoms with Crippen LogP contribution in [0.2, 0.25) is 0 Å². The minimum Gasteiger partial charge on any atom is -0.351 e. The second-order valence-corrected chi connectivity index (χ2v) is 6.87. The van der Waals surface area contributed by atoms with Gasteiger partial charge in [0.1, 0.15) is 5.56 Å². The van der Waals surface area contributed by atoms with Gasteiger partial charge in [-0.2, -0.15) is 0 Å². The number of rotatable bonds is 5. The number of nitrogens with zero attached hydrogens (tertiary/aromatic N) is 1. The molecule has 1 amide bonds. The van der Waals surface area contributed by atoms with E-state index in [-0.39, 0.29) is 22.6 Å². The van der Waals surface area contributed by atoms with Crippen LogP contribution in [-0.4, -0.2) is 17.4 Å². The van der Waals surface area contributed by atoms with Crippen LogP contribution in [0.15, 0.2) is 41.8 Å². The smallest absolute Gasteiger partial charge is 0.282 e. The lowest BCUT2D eigenvalue weighted by Gasteiger charge is -2.28. The zero-order valence-electron chi connectivity index (χ0n) is 12.7. The molecule has 120 valence electrons. The molecule has 0 atom stereocenters. The van der Waals surface area contributed by atoms with Crippen molar-refractivity contribution in [3.8, 4) is 0 Å². The van der Waals surface area contributed by atoms with Gasteiger partial charge in [-0.1, -0.05) is 31.0 Å². The van der Waals surface area contributed by atoms with E-state index >= 15 is 0 Å². The number of benzene rings is 1. The Bertz CT molecular complexity index is 706. The molecule has 0 bridgehead atoms. The van der Waals surface area contributed by atoms with E-state index in [2.05, 4.69) is 16.8 Å². The molecule has 1 aliphatic carbocycles. The van der Waals surface area contributed by atoms with Crippen molar-refractivity contribution >= 4 is 22.9 Å². The Morgan fingerprint density at radius 3 is 2.61 bits per heavy atom. The first-order valence-electron chi connectivity index (χ1n) is 7.68. The first-order chi connectivity index (χ1) is 11.1. The third kappa shape index (κ3) is 3.12. The second-order valence-electron chi connectivity index (χ2n) is 5.92. The predicted molar refractivity (Wildman–Crippen MR) is 89.9 cm³/mol. The number of hydrogen-bond donors (Lipinski definition) is 1. The number of para-hydroxylation sites is 1. The molecule has 1 fully saturated rings. The molecule has 0 radical (unpaired) electrons. The lowest BCUT2D eigenvalue weighted by atomic mass is 9.84. The number of carbonyl (C=O) groups is 1. The molecule has 5 nitrogen and oxygen atoms in total. The molecule has 1 aromatic carbocycles. The molecule has 2 aromatic rings. The minimum absolute atomic E-state index is 0.0204. The van der Waals surface area contributed by atoms with E-state index in [1.54, 1.807) is 23.5 Å². The number of carbonyl (C=O) groups excluding carboxylic acids is 1. The Morgan fingerprint density at radius 1 is 1.22 bits per heavy atom. The van der Waals surface area contributed by atoms with Crippen molar-refractivity contribution in [2.24, 2.45) is 0 Å². The standard InChI is InChI=1S/C17H18N2O3S/c20-16(13-6-1-2-7-14(13)19(21)22)18-12-17(9-3-4-10-17)15-8-5-11-23-15/h1-2,5-8,11H,3-4,9-10,12H2,(H,18,20). The van der Waals surface area contributed by atoms with E-state index in [4.69, 9.17) is 0 Å². The molecular weight excluding hydrogens is 312 g/mol. The fraction of sp³-hybridized carbons (Fsp3) is 0.353. The fourth-order valence-electron chi connectivity index (χ4n) is 3.31. The molecule has 1 saturated carbocycles. The van der Waals surface area contributed by atoms with Gasteiger partial charge in [-0.05, 0) is 30.4 Å². The third-order valence-corrected chi connectivity index (χ3v) is 5.65. The molecule has 1 heterocycles. The average molecular weight is 330 g/mol. The summed E-state index contributed by atoms with van der Waals surface area (Å²) in [5.74, 6) is -0.375. The van der Waals surface area contributed by atoms with Gasteiger partial charge in [0.2, 0.25) is 0 Å². The summed E-state index contributed by atoms with van der Waals surface area (Å²) in [5, 5.41) is 16.0. The van der Waals surface area contributed by atoms with Crippen LogP contribution < -0.4 is 5.32 Å². The molecule has 6 heteroatoms. The lowest BCUT2D eigenvalue weighted by molar-refractivity contribution is -0.385. The van der Waals surface area contributed by atoms with E-state index in [1.165, 1.54) is 17.0 Å². The summed E-state index contributed by atoms with van der Waals surface area (Å²) >= 11 is 1.72. The van der Waals surface area contributed by atoms with Crippen LogP contribution in [-0.2, 0) is 5.41 Å². The normalized spacial score (nSPS) is 16.2. The minimum atomic E-state index is -0.514. The van der Waals surface area contributed by atoms with E-state index in [1.807, 2.05) is 6.07 Å². The Labute approximate surface area is 138 Å². The van der Waals surface area contributed by atoms with Crippen molar-refractivity contribution in [1.29, 1.82) is 0 Å². The van der Waals surface area contributed by atoms with Crippen molar-refractivity contribution in [1.82, 2.24) is 5.32 Å². The summed E-state index contributed by atoms with van der Waals surface area (Å²) in [6.45, 7) is 0.526. The Morgan fingerprint density at radius 2 is 1.96 bits per heavy atom. The number of nitrogens with one attached hydrogen (secondary N) is 1. The maximum Gasteiger partial charge on any atom is 0.282 e. The highest BCUT2D eigenvalue weighted by atomic mass is 32.1. The molecule has 23 heavy (non-hydrogen) atoms. The molecular formula is C17H18N2O3S. The molecule has 0 spiro atoms. The first-order valence-corrected chi connectivity index (χ1v) is 8.56. The lowest BCUT2D eigenvalue weighted by Crippen LogP contribution is -2.38. The van der Waals surface area contributed by atoms with E-state index in [9.17, 15) is 14.9 Å². The highest BCUT2D eigenvalue weighted by molar-refractivity contribution is 7.10. The van der Waals surface area contributed by atoms with Gasteiger partial charge in [-0.25, -0.2) is 0 Å². The van der Waals surface area contributed by atoms with E-state index in [0.717, 1.165) is 25.7 Å². The van der Waals surface area contributed by atoms with Crippen LogP contribution in [0.4, 0.5) is 5.69 Å². The Balaban J connectivity index is 1.77. The van der Waals surface area contributed by atoms with Gasteiger partial charge in [0.15, 0.2) is 0 Å². The highest BCUT2D eigenvalue weighted by Gasteiger charge is 2.37. The number of thiophene rings is 1. The van der Waals surface area contributed by atoms with Gasteiger partial charge in [0.25, 0.3) is 11.6 Å². The van der Waals surface area contributed by atoms with Crippen LogP contribution in [0.3, 0.4) is 0 Å². The van der Waals surface area contributed by atoms with Gasteiger partial charge in [0, 0.05) is 22.9 Å². The zero-order chi connectivity index (χ0) is 16.3. The predicted octanol–water partition coefficient (Wildman–Crippen LogP) is 3.90. The third-order valence-electron chi connectivity index (χ3n) is 4.54. The van der Waals surface area contributed by atoms with Gasteiger partial charge in [-0.3, -0.25) is 14.9 Å². The van der Waals surface area contributed by atoms with Gasteiger partial charge in [-0.15, -0.1) is 11.3 Å². The molecule has 3 rings (SSSR count). The van der Waals surface area contributed by atoms with Crippen LogP contribution in [0.25, 0.3) is 0 Å². The SMILES string of the molecule is O=C(NCC1(c2cccs2)CCCC1)c1ccccc1[N+](=O)[O-]. The van der Waals surface area contributed by atoms with Crippen molar-refractivity contribution in [3.05, 3.63) is 62.3 Å². The Kier molecular flexibility index (Phi) is 4.43. The second kappa shape index (κ2) is 6.50. The highest BCUT2D eigenvalue weighted by Crippen LogP contribution is 2.42. The van der Waals surface area contributed by atoms with Crippen LogP contribution in [0.1, 0.15) is 40.9 Å². The van der Waals surface area contributed by atoms with Gasteiger partial charge >= 0.3 is 0 Å². The van der Waals surface area contributed by atoms with Crippen molar-refractivity contribution in [3.63, 3.8) is 0 Å². The number of nitro benzene ring substituents is 1. The van der Waals surface area contributed by atoms with Gasteiger partial charge in [0.05, 0.1) is 4.92 Å². The quantitative estimate of drug-likeness (QED) is 0.667. The zero-order valence-corrected chi connectivity index (χ0v) is 13.5. The fourth-order valence-corrected chi connectivity index (χ4v) is 4.30. The average Bonchev–Trinajstić information content (AvgIpc) is 3.24. The maximum absolute atomic E-state index is 12.4. The van der Waals surface area contributed by atoms with Crippen LogP contribution >= 0.6 is 11.3 Å². The Hall–Kier alpha value is -2.21. The molecule has 1 N–H and O–H groups in total. The topological polar surface area (TPSA) is 72.2 Å². The number of amides is 1. The largest absolute Gasteiger partial charge is 0.351 e. The number of nitro groups is 1. The molecule has 0 aliphatic heterocycles. The monoisotopic (exact) mass is 330 g/mol. The molecule has 1 aromatic heterocycles. The summed E-state index contributed by atoms with van der Waals surface area (Å²) in [5.41, 5.74) is -0.0497. The molecule has 0 unspecified atom stereocenters. The first kappa shape index (κ1) is 15.7. The van der Waals surface area contributed by atoms with Crippen molar-refractivity contribution in [2.45, 2.75) is 31.1 Å². The van der Waals surface area contributed by atoms with Crippen molar-refractivity contribution < 1.29 is 9.72 Å². The molecule has 0 saturated heterocycles. The van der Waals surface area contributed by atoms with E-state index < -0.39 is 4.92 Å². The number of hydrogen-bond acceptors (Lipinski definition) is 4. The summed E-state index contributed by atoms with van der Waals surface area (Å²) < 4.78 is 0. The summed E-state index contributed by atoms with van der Waals surface area (Å²) in [6, 6.07) is 10.2. The van der Waals surface area contributed by atoms with Crippen LogP contribution in [0.5, 0.6) is 0 Å². The summed E-state index contributed by atoms with van der Waals surface area (Å²) in [4.78, 5) is 24.3. The van der Waals surface area contributed by atoms with Crippen molar-refractivity contribution in [2.75, 3.05) is 6.54 Å². The molecule has 1 aliphatic rings. The van der Waals surface area contributed by atoms with Crippen LogP contribution in [0, 0.1) is 10.1 Å². The summed E-state index contributed by atoms with van der Waals surface area (Å²) in [7, 11) is 0.